The van der Waals surface area contributed by atoms with E-state index in [4.69, 9.17) is 8.83 Å². The second-order valence-corrected chi connectivity index (χ2v) is 38.5. The highest BCUT2D eigenvalue weighted by Crippen LogP contribution is 2.65. The largest absolute Gasteiger partial charge is 0.454 e. The van der Waals surface area contributed by atoms with E-state index >= 15 is 0 Å². The molecule has 15 aromatic rings. The predicted molar refractivity (Wildman–Crippen MR) is 393 cm³/mol. The normalized spacial score (nSPS) is 13.5. The van der Waals surface area contributed by atoms with Gasteiger partial charge in [0.25, 0.3) is 0 Å². The summed E-state index contributed by atoms with van der Waals surface area (Å²) >= 11 is 0. The number of fused-ring (bicyclic) bond motifs is 22. The fraction of sp³-hybridized carbons (Fsp3) is 0.153. The van der Waals surface area contributed by atoms with E-state index in [1.165, 1.54) is 98.3 Å². The van der Waals surface area contributed by atoms with Crippen molar-refractivity contribution in [2.24, 2.45) is 0 Å². The first-order valence-corrected chi connectivity index (χ1v) is 39.5. The molecule has 4 nitrogen and oxygen atoms in total. The van der Waals surface area contributed by atoms with Crippen molar-refractivity contribution in [3.63, 3.8) is 0 Å². The van der Waals surface area contributed by atoms with Crippen LogP contribution in [0.1, 0.15) is 72.9 Å². The number of rotatable bonds is 10. The molecule has 0 unspecified atom stereocenters. The molecular weight excluding hydrogens is 1140 g/mol. The fourth-order valence-corrected chi connectivity index (χ4v) is 18.2. The van der Waals surface area contributed by atoms with Crippen molar-refractivity contribution in [2.75, 3.05) is 9.80 Å². The lowest BCUT2D eigenvalue weighted by molar-refractivity contribution is 0.657. The average molecular weight is 1210 g/mol. The molecule has 17 rings (SSSR count). The van der Waals surface area contributed by atoms with Gasteiger partial charge >= 0.3 is 0 Å². The Morgan fingerprint density at radius 1 is 0.286 bits per heavy atom. The molecule has 0 atom stereocenters. The van der Waals surface area contributed by atoms with Crippen molar-refractivity contribution in [1.29, 1.82) is 0 Å². The SMILES string of the molecule is CC(C)c1cccc2c1oc1c(N(c3ccc([Si](C)(C)C)cc3)c3ccc4c(c3)C3(c5ccccc5-c5cc6c7ccccc7c7ccccc7c6cc53)c3cc(N(c5ccc([Si](C)(C)C)cc5)c5cccc6c5oc5c(C(C)C)cccc56)ccc3-4)cccc12. The van der Waals surface area contributed by atoms with E-state index in [1.54, 1.807) is 0 Å². The van der Waals surface area contributed by atoms with Crippen molar-refractivity contribution in [3.05, 3.63) is 276 Å². The van der Waals surface area contributed by atoms with Gasteiger partial charge in [0.05, 0.1) is 32.9 Å². The van der Waals surface area contributed by atoms with E-state index in [0.29, 0.717) is 11.8 Å². The van der Waals surface area contributed by atoms with Crippen LogP contribution in [0.5, 0.6) is 0 Å². The highest BCUT2D eigenvalue weighted by Gasteiger charge is 2.53. The Labute approximate surface area is 534 Å². The standard InChI is InChI=1S/C85H72N2O2Si2/c1-51(2)59-26-17-28-68-70-30-19-33-79(83(70)88-81(59)68)86(53-35-41-57(42-36-53)90(5,6)7)55-39-45-66-67-46-40-56(87(54-37-43-58(44-38-54)91(8,9)10)80-34-20-31-71-69-29-18-27-60(52(3)4)82(69)89-84(71)80)48-77(67)85(76(66)47-55)75-32-16-15-25-65(75)74-49-72-63-23-13-11-21-61(63)62-22-12-14-24-64(62)73(72)50-78(74)85/h11-52H,1-10H3. The van der Waals surface area contributed by atoms with Gasteiger partial charge < -0.3 is 18.6 Å². The summed E-state index contributed by atoms with van der Waals surface area (Å²) in [7, 11) is -3.33. The smallest absolute Gasteiger partial charge is 0.159 e. The van der Waals surface area contributed by atoms with E-state index in [-0.39, 0.29) is 0 Å². The van der Waals surface area contributed by atoms with Crippen LogP contribution in [-0.2, 0) is 5.41 Å². The van der Waals surface area contributed by atoms with Gasteiger partial charge in [-0.15, -0.1) is 0 Å². The van der Waals surface area contributed by atoms with Crippen LogP contribution in [-0.4, -0.2) is 16.1 Å². The molecule has 0 fully saturated rings. The molecule has 0 N–H and O–H groups in total. The van der Waals surface area contributed by atoms with Gasteiger partial charge in [-0.1, -0.05) is 247 Å². The summed E-state index contributed by atoms with van der Waals surface area (Å²) < 4.78 is 14.5. The molecule has 0 bridgehead atoms. The Morgan fingerprint density at radius 3 is 1.08 bits per heavy atom. The lowest BCUT2D eigenvalue weighted by atomic mass is 9.70. The van der Waals surface area contributed by atoms with Crippen molar-refractivity contribution in [3.8, 4) is 22.3 Å². The Balaban J connectivity index is 0.973. The van der Waals surface area contributed by atoms with Crippen LogP contribution in [0, 0.1) is 0 Å². The van der Waals surface area contributed by atoms with E-state index < -0.39 is 21.6 Å². The topological polar surface area (TPSA) is 32.8 Å². The zero-order chi connectivity index (χ0) is 62.0. The molecule has 0 saturated carbocycles. The molecule has 0 radical (unpaired) electrons. The number of benzene rings is 13. The Hall–Kier alpha value is -9.73. The summed E-state index contributed by atoms with van der Waals surface area (Å²) in [5, 5.41) is 14.9. The summed E-state index contributed by atoms with van der Waals surface area (Å²) in [6, 6.07) is 92.7. The zero-order valence-corrected chi connectivity index (χ0v) is 55.5. The molecule has 442 valence electrons. The molecule has 2 heterocycles. The van der Waals surface area contributed by atoms with Crippen LogP contribution in [0.2, 0.25) is 39.3 Å². The maximum atomic E-state index is 7.26. The van der Waals surface area contributed by atoms with E-state index in [1.807, 2.05) is 0 Å². The van der Waals surface area contributed by atoms with E-state index in [9.17, 15) is 0 Å². The maximum Gasteiger partial charge on any atom is 0.159 e. The lowest BCUT2D eigenvalue weighted by Crippen LogP contribution is -2.37. The number of furan rings is 2. The van der Waals surface area contributed by atoms with Crippen molar-refractivity contribution >= 4 is 137 Å². The third-order valence-electron chi connectivity index (χ3n) is 20.3. The molecule has 2 aliphatic carbocycles. The van der Waals surface area contributed by atoms with E-state index in [2.05, 4.69) is 319 Å². The molecule has 0 aliphatic heterocycles. The Bertz CT molecular complexity index is 5280. The Kier molecular flexibility index (Phi) is 12.2. The quantitative estimate of drug-likeness (QED) is 0.101. The number of nitrogens with zero attached hydrogens (tertiary/aromatic N) is 2. The van der Waals surface area contributed by atoms with Crippen LogP contribution in [0.4, 0.5) is 34.1 Å². The Morgan fingerprint density at radius 2 is 0.637 bits per heavy atom. The molecule has 2 aliphatic rings. The van der Waals surface area contributed by atoms with Crippen molar-refractivity contribution < 1.29 is 8.83 Å². The molecule has 91 heavy (non-hydrogen) atoms. The lowest BCUT2D eigenvalue weighted by Gasteiger charge is -2.33. The van der Waals surface area contributed by atoms with Crippen LogP contribution in [0.25, 0.3) is 98.4 Å². The van der Waals surface area contributed by atoms with Crippen LogP contribution < -0.4 is 20.2 Å². The number of anilines is 6. The average Bonchev–Trinajstić information content (AvgIpc) is 1.51. The predicted octanol–water partition coefficient (Wildman–Crippen LogP) is 23.6. The van der Waals surface area contributed by atoms with Gasteiger partial charge in [-0.25, -0.2) is 0 Å². The third kappa shape index (κ3) is 8.18. The first-order chi connectivity index (χ1) is 44.1. The fourth-order valence-electron chi connectivity index (χ4n) is 15.8. The summed E-state index contributed by atoms with van der Waals surface area (Å²) in [6.45, 7) is 23.6. The second-order valence-electron chi connectivity index (χ2n) is 28.3. The second kappa shape index (κ2) is 20.1. The highest BCUT2D eigenvalue weighted by molar-refractivity contribution is 6.89. The molecule has 1 spiro atoms. The van der Waals surface area contributed by atoms with Crippen LogP contribution >= 0.6 is 0 Å². The van der Waals surface area contributed by atoms with E-state index in [0.717, 1.165) is 78.0 Å². The molecular formula is C85H72N2O2Si2. The van der Waals surface area contributed by atoms with Crippen molar-refractivity contribution in [2.45, 2.75) is 84.2 Å². The minimum absolute atomic E-state index is 0.290. The monoisotopic (exact) mass is 1210 g/mol. The first kappa shape index (κ1) is 55.3. The van der Waals surface area contributed by atoms with Crippen molar-refractivity contribution in [1.82, 2.24) is 0 Å². The number of hydrogen-bond acceptors (Lipinski definition) is 4. The highest BCUT2D eigenvalue weighted by atomic mass is 28.3. The summed E-state index contributed by atoms with van der Waals surface area (Å²) in [5.41, 5.74) is 21.6. The van der Waals surface area contributed by atoms with Gasteiger partial charge in [0.1, 0.15) is 11.2 Å². The first-order valence-electron chi connectivity index (χ1n) is 32.5. The van der Waals surface area contributed by atoms with Gasteiger partial charge in [0.2, 0.25) is 0 Å². The van der Waals surface area contributed by atoms with Crippen LogP contribution in [0.15, 0.2) is 251 Å². The molecule has 0 amide bonds. The molecule has 6 heteroatoms. The van der Waals surface area contributed by atoms with Crippen LogP contribution in [0.3, 0.4) is 0 Å². The summed E-state index contributed by atoms with van der Waals surface area (Å²) in [6.07, 6.45) is 0. The van der Waals surface area contributed by atoms with Gasteiger partial charge in [-0.3, -0.25) is 0 Å². The minimum Gasteiger partial charge on any atom is -0.454 e. The molecule has 2 aromatic heterocycles. The van der Waals surface area contributed by atoms with Gasteiger partial charge in [-0.05, 0) is 173 Å². The zero-order valence-electron chi connectivity index (χ0n) is 53.5. The molecule has 0 saturated heterocycles. The number of para-hydroxylation sites is 4. The minimum atomic E-state index is -1.66. The molecule has 13 aromatic carbocycles. The number of hydrogen-bond donors (Lipinski definition) is 0. The summed E-state index contributed by atoms with van der Waals surface area (Å²) in [5.74, 6) is 0.580. The van der Waals surface area contributed by atoms with Gasteiger partial charge in [-0.2, -0.15) is 0 Å². The maximum absolute atomic E-state index is 7.26. The van der Waals surface area contributed by atoms with Gasteiger partial charge in [0, 0.05) is 44.3 Å². The summed E-state index contributed by atoms with van der Waals surface area (Å²) in [4.78, 5) is 4.95. The van der Waals surface area contributed by atoms with Gasteiger partial charge in [0.15, 0.2) is 11.2 Å². The third-order valence-corrected chi connectivity index (χ3v) is 24.4.